The Morgan fingerprint density at radius 3 is 2.58 bits per heavy atom. The van der Waals surface area contributed by atoms with Crippen LogP contribution in [0.3, 0.4) is 0 Å². The van der Waals surface area contributed by atoms with Crippen LogP contribution in [0.4, 0.5) is 4.79 Å². The molecule has 1 saturated heterocycles. The number of carbonyl (C=O) groups excluding carboxylic acids is 1. The third-order valence-electron chi connectivity index (χ3n) is 5.44. The van der Waals surface area contributed by atoms with Gasteiger partial charge in [0, 0.05) is 25.5 Å². The number of urea groups is 1. The largest absolute Gasteiger partial charge is 0.371 e. The number of hydrogen-bond acceptors (Lipinski definition) is 3. The number of nitrogens with one attached hydrogen (secondary N) is 1. The van der Waals surface area contributed by atoms with E-state index < -0.39 is 0 Å². The third-order valence-corrected chi connectivity index (χ3v) is 5.44. The summed E-state index contributed by atoms with van der Waals surface area (Å²) in [7, 11) is 0. The molecule has 1 aliphatic heterocycles. The molecule has 2 heterocycles. The summed E-state index contributed by atoms with van der Waals surface area (Å²) in [6.07, 6.45) is 6.02. The van der Waals surface area contributed by atoms with E-state index in [-0.39, 0.29) is 11.6 Å². The van der Waals surface area contributed by atoms with Gasteiger partial charge in [-0.15, -0.1) is 0 Å². The fourth-order valence-corrected chi connectivity index (χ4v) is 3.66. The lowest BCUT2D eigenvalue weighted by Gasteiger charge is -2.40. The van der Waals surface area contributed by atoms with Crippen molar-refractivity contribution in [2.45, 2.75) is 31.9 Å². The van der Waals surface area contributed by atoms with Gasteiger partial charge in [0.15, 0.2) is 0 Å². The summed E-state index contributed by atoms with van der Waals surface area (Å²) in [5, 5.41) is 3.05. The number of amides is 2. The van der Waals surface area contributed by atoms with Crippen molar-refractivity contribution < 1.29 is 9.53 Å². The number of benzene rings is 1. The summed E-state index contributed by atoms with van der Waals surface area (Å²) in [6, 6.07) is 12.3. The highest BCUT2D eigenvalue weighted by molar-refractivity contribution is 5.74. The van der Waals surface area contributed by atoms with E-state index >= 15 is 0 Å². The number of aromatic nitrogens is 1. The normalized spacial score (nSPS) is 22.9. The topological polar surface area (TPSA) is 54.5 Å². The number of morpholine rings is 1. The molecule has 1 aromatic heterocycles. The minimum atomic E-state index is -0.165. The Kier molecular flexibility index (Phi) is 4.64. The molecular weight excluding hydrogens is 326 g/mol. The van der Waals surface area contributed by atoms with Crippen LogP contribution in [0.25, 0.3) is 11.1 Å². The first-order chi connectivity index (χ1) is 12.6. The van der Waals surface area contributed by atoms with E-state index in [0.29, 0.717) is 32.2 Å². The lowest BCUT2D eigenvalue weighted by Crippen LogP contribution is -2.55. The van der Waals surface area contributed by atoms with Crippen LogP contribution in [-0.4, -0.2) is 41.2 Å². The summed E-state index contributed by atoms with van der Waals surface area (Å²) in [4.78, 5) is 18.5. The third kappa shape index (κ3) is 3.73. The minimum Gasteiger partial charge on any atom is -0.371 e. The summed E-state index contributed by atoms with van der Waals surface area (Å²) < 4.78 is 5.96. The highest BCUT2D eigenvalue weighted by Crippen LogP contribution is 2.43. The number of hydrogen-bond donors (Lipinski definition) is 1. The van der Waals surface area contributed by atoms with Crippen molar-refractivity contribution >= 4 is 6.03 Å². The summed E-state index contributed by atoms with van der Waals surface area (Å²) in [5.41, 5.74) is 3.22. The first-order valence-corrected chi connectivity index (χ1v) is 9.30. The predicted molar refractivity (Wildman–Crippen MR) is 101 cm³/mol. The second-order valence-corrected chi connectivity index (χ2v) is 7.45. The summed E-state index contributed by atoms with van der Waals surface area (Å²) in [5.74, 6) is 0.610. The van der Waals surface area contributed by atoms with Gasteiger partial charge in [0.05, 0.1) is 18.8 Å². The molecular formula is C21H25N3O2. The molecule has 1 saturated carbocycles. The van der Waals surface area contributed by atoms with Gasteiger partial charge in [0.25, 0.3) is 0 Å². The molecule has 4 rings (SSSR count). The fraction of sp³-hybridized carbons (Fsp3) is 0.429. The number of rotatable bonds is 4. The molecule has 136 valence electrons. The van der Waals surface area contributed by atoms with Crippen molar-refractivity contribution in [3.8, 4) is 11.1 Å². The molecule has 2 aromatic rings. The Labute approximate surface area is 154 Å². The molecule has 5 heteroatoms. The quantitative estimate of drug-likeness (QED) is 0.918. The number of ether oxygens (including phenoxy) is 1. The Hall–Kier alpha value is -2.40. The lowest BCUT2D eigenvalue weighted by molar-refractivity contribution is -0.0988. The van der Waals surface area contributed by atoms with E-state index in [1.807, 2.05) is 17.0 Å². The minimum absolute atomic E-state index is 0.00150. The summed E-state index contributed by atoms with van der Waals surface area (Å²) in [6.45, 7) is 4.65. The van der Waals surface area contributed by atoms with E-state index in [0.717, 1.165) is 16.7 Å². The molecule has 0 bridgehead atoms. The molecule has 2 aliphatic rings. The van der Waals surface area contributed by atoms with Crippen molar-refractivity contribution in [2.24, 2.45) is 5.92 Å². The van der Waals surface area contributed by atoms with Crippen LogP contribution in [0.5, 0.6) is 0 Å². The lowest BCUT2D eigenvalue weighted by atomic mass is 9.98. The summed E-state index contributed by atoms with van der Waals surface area (Å²) >= 11 is 0. The molecule has 1 aromatic carbocycles. The Bertz CT molecular complexity index is 759. The van der Waals surface area contributed by atoms with Crippen LogP contribution in [0.1, 0.15) is 25.3 Å². The average Bonchev–Trinajstić information content (AvgIpc) is 3.53. The van der Waals surface area contributed by atoms with Gasteiger partial charge in [-0.05, 0) is 54.5 Å². The van der Waals surface area contributed by atoms with Crippen LogP contribution < -0.4 is 5.32 Å². The number of carbonyl (C=O) groups is 1. The van der Waals surface area contributed by atoms with Gasteiger partial charge in [-0.25, -0.2) is 4.79 Å². The van der Waals surface area contributed by atoms with Gasteiger partial charge in [-0.2, -0.15) is 0 Å². The monoisotopic (exact) mass is 351 g/mol. The van der Waals surface area contributed by atoms with Crippen LogP contribution >= 0.6 is 0 Å². The Morgan fingerprint density at radius 1 is 1.19 bits per heavy atom. The molecule has 2 amide bonds. The van der Waals surface area contributed by atoms with Crippen LogP contribution in [0.15, 0.2) is 48.8 Å². The zero-order valence-electron chi connectivity index (χ0n) is 15.1. The zero-order valence-corrected chi connectivity index (χ0v) is 15.1. The maximum Gasteiger partial charge on any atom is 0.317 e. The highest BCUT2D eigenvalue weighted by atomic mass is 16.5. The molecule has 26 heavy (non-hydrogen) atoms. The van der Waals surface area contributed by atoms with Gasteiger partial charge < -0.3 is 15.0 Å². The van der Waals surface area contributed by atoms with E-state index in [1.54, 1.807) is 12.4 Å². The van der Waals surface area contributed by atoms with Gasteiger partial charge in [-0.1, -0.05) is 24.3 Å². The Balaban J connectivity index is 1.33. The number of nitrogens with zero attached hydrogens (tertiary/aromatic N) is 2. The van der Waals surface area contributed by atoms with E-state index in [2.05, 4.69) is 41.5 Å². The van der Waals surface area contributed by atoms with Gasteiger partial charge in [-0.3, -0.25) is 4.98 Å². The molecule has 0 spiro atoms. The second kappa shape index (κ2) is 7.08. The first-order valence-electron chi connectivity index (χ1n) is 9.30. The molecule has 1 atom stereocenters. The van der Waals surface area contributed by atoms with Gasteiger partial charge in [0.2, 0.25) is 0 Å². The van der Waals surface area contributed by atoms with E-state index in [4.69, 9.17) is 4.74 Å². The van der Waals surface area contributed by atoms with Crippen LogP contribution in [0.2, 0.25) is 0 Å². The van der Waals surface area contributed by atoms with E-state index in [9.17, 15) is 4.79 Å². The average molecular weight is 351 g/mol. The highest BCUT2D eigenvalue weighted by Gasteiger charge is 2.46. The number of pyridine rings is 1. The molecule has 1 unspecified atom stereocenters. The maximum atomic E-state index is 12.5. The fourth-order valence-electron chi connectivity index (χ4n) is 3.66. The van der Waals surface area contributed by atoms with Crippen molar-refractivity contribution in [3.05, 3.63) is 54.4 Å². The van der Waals surface area contributed by atoms with Crippen molar-refractivity contribution in [2.75, 3.05) is 19.7 Å². The maximum absolute atomic E-state index is 12.5. The van der Waals surface area contributed by atoms with Crippen LogP contribution in [-0.2, 0) is 11.3 Å². The van der Waals surface area contributed by atoms with Gasteiger partial charge >= 0.3 is 6.03 Å². The zero-order chi connectivity index (χ0) is 18.0. The van der Waals surface area contributed by atoms with Crippen molar-refractivity contribution in [1.29, 1.82) is 0 Å². The first kappa shape index (κ1) is 17.0. The second-order valence-electron chi connectivity index (χ2n) is 7.45. The molecule has 1 aliphatic carbocycles. The standard InChI is InChI=1S/C21H25N3O2/c1-21(19-6-7-19)15-24(12-13-26-21)20(25)23-14-16-2-4-17(5-3-16)18-8-10-22-11-9-18/h2-5,8-11,19H,6-7,12-15H2,1H3,(H,23,25). The SMILES string of the molecule is CC1(C2CC2)CN(C(=O)NCc2ccc(-c3ccncc3)cc2)CCO1. The van der Waals surface area contributed by atoms with Crippen molar-refractivity contribution in [1.82, 2.24) is 15.2 Å². The Morgan fingerprint density at radius 2 is 1.88 bits per heavy atom. The molecule has 0 radical (unpaired) electrons. The van der Waals surface area contributed by atoms with Crippen molar-refractivity contribution in [3.63, 3.8) is 0 Å². The van der Waals surface area contributed by atoms with Crippen LogP contribution in [0, 0.1) is 5.92 Å². The molecule has 1 N–H and O–H groups in total. The molecule has 5 nitrogen and oxygen atoms in total. The smallest absolute Gasteiger partial charge is 0.317 e. The predicted octanol–water partition coefficient (Wildman–Crippen LogP) is 3.46. The van der Waals surface area contributed by atoms with E-state index in [1.165, 1.54) is 12.8 Å². The van der Waals surface area contributed by atoms with Gasteiger partial charge in [0.1, 0.15) is 0 Å². The molecule has 2 fully saturated rings.